The Balaban J connectivity index is 1.42. The molecule has 2 amide bonds. The number of likely N-dealkylation sites (tertiary alicyclic amines) is 1. The highest BCUT2D eigenvalue weighted by Crippen LogP contribution is 2.17. The third-order valence-corrected chi connectivity index (χ3v) is 5.26. The summed E-state index contributed by atoms with van der Waals surface area (Å²) < 4.78 is 5.48. The van der Waals surface area contributed by atoms with Crippen molar-refractivity contribution in [3.63, 3.8) is 0 Å². The number of nitrogens with zero attached hydrogens (tertiary/aromatic N) is 3. The van der Waals surface area contributed by atoms with E-state index in [0.29, 0.717) is 32.2 Å². The average Bonchev–Trinajstić information content (AvgIpc) is 3.09. The van der Waals surface area contributed by atoms with E-state index < -0.39 is 0 Å². The third-order valence-electron chi connectivity index (χ3n) is 5.26. The van der Waals surface area contributed by atoms with Crippen LogP contribution in [0.25, 0.3) is 0 Å². The first-order valence-electron chi connectivity index (χ1n) is 9.04. The summed E-state index contributed by atoms with van der Waals surface area (Å²) in [6.07, 6.45) is 3.96. The smallest absolute Gasteiger partial charge is 0.251 e. The van der Waals surface area contributed by atoms with E-state index in [1.165, 1.54) is 6.42 Å². The summed E-state index contributed by atoms with van der Waals surface area (Å²) in [5.74, 6) is 1.00. The van der Waals surface area contributed by atoms with Gasteiger partial charge < -0.3 is 14.5 Å². The number of carbonyl (C=O) groups is 2. The summed E-state index contributed by atoms with van der Waals surface area (Å²) in [7, 11) is 0. The Bertz CT molecular complexity index is 429. The summed E-state index contributed by atoms with van der Waals surface area (Å²) in [6, 6.07) is 0. The van der Waals surface area contributed by atoms with Gasteiger partial charge in [0.05, 0.1) is 6.54 Å². The van der Waals surface area contributed by atoms with Gasteiger partial charge in [0.25, 0.3) is 5.91 Å². The van der Waals surface area contributed by atoms with Gasteiger partial charge in [-0.3, -0.25) is 14.5 Å². The second-order valence-electron chi connectivity index (χ2n) is 7.19. The van der Waals surface area contributed by atoms with Gasteiger partial charge in [0.2, 0.25) is 5.91 Å². The normalized spacial score (nSPS) is 29.8. The first-order valence-corrected chi connectivity index (χ1v) is 9.04. The van der Waals surface area contributed by atoms with Crippen LogP contribution in [0.4, 0.5) is 0 Å². The summed E-state index contributed by atoms with van der Waals surface area (Å²) in [5.41, 5.74) is 0. The molecule has 0 N–H and O–H groups in total. The van der Waals surface area contributed by atoms with E-state index in [2.05, 4.69) is 11.8 Å². The van der Waals surface area contributed by atoms with E-state index in [4.69, 9.17) is 4.74 Å². The van der Waals surface area contributed by atoms with Gasteiger partial charge in [-0.2, -0.15) is 0 Å². The molecular weight excluding hydrogens is 294 g/mol. The standard InChI is InChI=1S/C17H29N3O3/c1-14-4-2-6-20(12-14)16(21)13-18-7-9-19(10-8-18)17(22)15-5-3-11-23-15/h14-15H,2-13H2,1H3. The Hall–Kier alpha value is -1.14. The van der Waals surface area contributed by atoms with Gasteiger partial charge in [0.15, 0.2) is 0 Å². The van der Waals surface area contributed by atoms with Gasteiger partial charge in [-0.15, -0.1) is 0 Å². The van der Waals surface area contributed by atoms with Crippen LogP contribution in [0.5, 0.6) is 0 Å². The number of piperidine rings is 1. The van der Waals surface area contributed by atoms with Crippen molar-refractivity contribution in [1.82, 2.24) is 14.7 Å². The Morgan fingerprint density at radius 1 is 1.00 bits per heavy atom. The van der Waals surface area contributed by atoms with Crippen molar-refractivity contribution in [3.05, 3.63) is 0 Å². The molecule has 0 aromatic rings. The number of carbonyl (C=O) groups excluding carboxylic acids is 2. The molecule has 3 rings (SSSR count). The van der Waals surface area contributed by atoms with Crippen molar-refractivity contribution >= 4 is 11.8 Å². The Kier molecular flexibility index (Phi) is 5.54. The molecule has 3 saturated heterocycles. The average molecular weight is 323 g/mol. The van der Waals surface area contributed by atoms with Gasteiger partial charge in [-0.05, 0) is 31.6 Å². The van der Waals surface area contributed by atoms with E-state index in [9.17, 15) is 9.59 Å². The molecule has 0 radical (unpaired) electrons. The Labute approximate surface area is 138 Å². The number of rotatable bonds is 3. The zero-order valence-electron chi connectivity index (χ0n) is 14.2. The molecule has 2 atom stereocenters. The minimum absolute atomic E-state index is 0.137. The fourth-order valence-electron chi connectivity index (χ4n) is 3.81. The van der Waals surface area contributed by atoms with Gasteiger partial charge in [-0.25, -0.2) is 0 Å². The minimum Gasteiger partial charge on any atom is -0.368 e. The van der Waals surface area contributed by atoms with Crippen LogP contribution in [0.3, 0.4) is 0 Å². The molecule has 3 aliphatic heterocycles. The second kappa shape index (κ2) is 7.62. The summed E-state index contributed by atoms with van der Waals surface area (Å²) in [6.45, 7) is 8.21. The number of ether oxygens (including phenoxy) is 1. The fraction of sp³-hybridized carbons (Fsp3) is 0.882. The van der Waals surface area contributed by atoms with Crippen LogP contribution in [0, 0.1) is 5.92 Å². The van der Waals surface area contributed by atoms with Crippen LogP contribution in [-0.4, -0.2) is 85.0 Å². The summed E-state index contributed by atoms with van der Waals surface area (Å²) >= 11 is 0. The first-order chi connectivity index (χ1) is 11.1. The molecule has 23 heavy (non-hydrogen) atoms. The van der Waals surface area contributed by atoms with E-state index >= 15 is 0 Å². The molecule has 0 bridgehead atoms. The number of amides is 2. The van der Waals surface area contributed by atoms with Gasteiger partial charge in [0, 0.05) is 45.9 Å². The molecule has 3 fully saturated rings. The van der Waals surface area contributed by atoms with Gasteiger partial charge in [0.1, 0.15) is 6.10 Å². The highest BCUT2D eigenvalue weighted by molar-refractivity contribution is 5.81. The van der Waals surface area contributed by atoms with Crippen molar-refractivity contribution in [2.75, 3.05) is 52.4 Å². The maximum atomic E-state index is 12.4. The quantitative estimate of drug-likeness (QED) is 0.762. The highest BCUT2D eigenvalue weighted by Gasteiger charge is 2.31. The fourth-order valence-corrected chi connectivity index (χ4v) is 3.81. The molecule has 0 aromatic carbocycles. The van der Waals surface area contributed by atoms with Crippen molar-refractivity contribution in [1.29, 1.82) is 0 Å². The van der Waals surface area contributed by atoms with E-state index in [1.807, 2.05) is 9.80 Å². The lowest BCUT2D eigenvalue weighted by Gasteiger charge is -2.37. The Morgan fingerprint density at radius 2 is 1.78 bits per heavy atom. The summed E-state index contributed by atoms with van der Waals surface area (Å²) in [5, 5.41) is 0. The lowest BCUT2D eigenvalue weighted by Crippen LogP contribution is -2.54. The molecule has 0 aromatic heterocycles. The molecule has 3 heterocycles. The van der Waals surface area contributed by atoms with Crippen molar-refractivity contribution in [3.8, 4) is 0 Å². The maximum absolute atomic E-state index is 12.4. The predicted molar refractivity (Wildman–Crippen MR) is 87.0 cm³/mol. The number of hydrogen-bond donors (Lipinski definition) is 0. The molecule has 3 aliphatic rings. The molecule has 130 valence electrons. The molecule has 0 aliphatic carbocycles. The second-order valence-corrected chi connectivity index (χ2v) is 7.19. The van der Waals surface area contributed by atoms with Gasteiger partial charge >= 0.3 is 0 Å². The van der Waals surface area contributed by atoms with Gasteiger partial charge in [-0.1, -0.05) is 6.92 Å². The number of piperazine rings is 1. The van der Waals surface area contributed by atoms with Crippen LogP contribution >= 0.6 is 0 Å². The SMILES string of the molecule is CC1CCCN(C(=O)CN2CCN(C(=O)C3CCCO3)CC2)C1. The zero-order chi connectivity index (χ0) is 16.2. The van der Waals surface area contributed by atoms with Crippen LogP contribution in [0.1, 0.15) is 32.6 Å². The van der Waals surface area contributed by atoms with E-state index in [0.717, 1.165) is 45.4 Å². The van der Waals surface area contributed by atoms with Crippen LogP contribution in [-0.2, 0) is 14.3 Å². The van der Waals surface area contributed by atoms with Crippen LogP contribution in [0.15, 0.2) is 0 Å². The van der Waals surface area contributed by atoms with Crippen molar-refractivity contribution in [2.24, 2.45) is 5.92 Å². The van der Waals surface area contributed by atoms with Crippen molar-refractivity contribution in [2.45, 2.75) is 38.7 Å². The lowest BCUT2D eigenvalue weighted by molar-refractivity contribution is -0.143. The molecule has 6 nitrogen and oxygen atoms in total. The Morgan fingerprint density at radius 3 is 2.43 bits per heavy atom. The highest BCUT2D eigenvalue weighted by atomic mass is 16.5. The lowest BCUT2D eigenvalue weighted by atomic mass is 10.0. The van der Waals surface area contributed by atoms with Crippen LogP contribution < -0.4 is 0 Å². The molecule has 2 unspecified atom stereocenters. The molecule has 6 heteroatoms. The molecule has 0 saturated carbocycles. The topological polar surface area (TPSA) is 53.1 Å². The monoisotopic (exact) mass is 323 g/mol. The number of hydrogen-bond acceptors (Lipinski definition) is 4. The predicted octanol–water partition coefficient (Wildman–Crippen LogP) is 0.568. The first kappa shape index (κ1) is 16.7. The van der Waals surface area contributed by atoms with Crippen molar-refractivity contribution < 1.29 is 14.3 Å². The largest absolute Gasteiger partial charge is 0.368 e. The third kappa shape index (κ3) is 4.23. The zero-order valence-corrected chi connectivity index (χ0v) is 14.2. The molecule has 0 spiro atoms. The maximum Gasteiger partial charge on any atom is 0.251 e. The minimum atomic E-state index is -0.224. The van der Waals surface area contributed by atoms with Crippen LogP contribution in [0.2, 0.25) is 0 Å². The van der Waals surface area contributed by atoms with E-state index in [-0.39, 0.29) is 17.9 Å². The summed E-state index contributed by atoms with van der Waals surface area (Å²) in [4.78, 5) is 30.8. The molecular formula is C17H29N3O3. The van der Waals surface area contributed by atoms with E-state index in [1.54, 1.807) is 0 Å².